The number of rotatable bonds is 5. The minimum atomic E-state index is 0.0734. The summed E-state index contributed by atoms with van der Waals surface area (Å²) in [4.78, 5) is 16.7. The molecule has 4 rings (SSSR count). The van der Waals surface area contributed by atoms with E-state index in [1.807, 2.05) is 0 Å². The van der Waals surface area contributed by atoms with Gasteiger partial charge in [0.2, 0.25) is 5.91 Å². The molecule has 1 aliphatic heterocycles. The summed E-state index contributed by atoms with van der Waals surface area (Å²) in [6.07, 6.45) is 10.1. The number of hydrogen-bond donors (Lipinski definition) is 3. The Hall–Kier alpha value is -1.66. The lowest BCUT2D eigenvalue weighted by atomic mass is 9.78. The van der Waals surface area contributed by atoms with Gasteiger partial charge in [-0.1, -0.05) is 62.9 Å². The molecule has 3 fully saturated rings. The predicted octanol–water partition coefficient (Wildman–Crippen LogP) is 3.21. The van der Waals surface area contributed by atoms with Gasteiger partial charge < -0.3 is 20.4 Å². The lowest BCUT2D eigenvalue weighted by Crippen LogP contribution is -3.22. The molecule has 188 valence electrons. The van der Waals surface area contributed by atoms with Crippen LogP contribution in [0.2, 0.25) is 0 Å². The van der Waals surface area contributed by atoms with Gasteiger partial charge in [0.25, 0.3) is 0 Å². The average Bonchev–Trinajstić information content (AvgIpc) is 2.84. The molecule has 0 bridgehead atoms. The number of carbonyl (C=O) groups is 1. The number of amides is 1. The van der Waals surface area contributed by atoms with Gasteiger partial charge in [0.1, 0.15) is 12.1 Å². The number of benzene rings is 1. The number of quaternary nitrogens is 1. The van der Waals surface area contributed by atoms with Gasteiger partial charge in [0, 0.05) is 24.4 Å². The molecule has 1 aromatic rings. The van der Waals surface area contributed by atoms with Gasteiger partial charge in [-0.3, -0.25) is 4.79 Å². The molecule has 3 aliphatic rings. The SMILES string of the molecule is Cc1ccc(C[NH+]2CCN(C(=S)NCC(=O)NC3CCCC(C)C3C)CC23CCCCC3)cc1. The topological polar surface area (TPSA) is 48.8 Å². The predicted molar refractivity (Wildman–Crippen MR) is 143 cm³/mol. The second kappa shape index (κ2) is 11.4. The van der Waals surface area contributed by atoms with Crippen molar-refractivity contribution in [3.05, 3.63) is 35.4 Å². The number of aryl methyl sites for hydroxylation is 1. The molecule has 2 saturated carbocycles. The van der Waals surface area contributed by atoms with Crippen LogP contribution in [0, 0.1) is 18.8 Å². The fourth-order valence-electron chi connectivity index (χ4n) is 6.54. The first-order valence-corrected chi connectivity index (χ1v) is 14.0. The standard InChI is InChI=1S/C28H44N4OS/c1-21-10-12-24(13-11-21)19-32-17-16-31(20-28(32)14-5-4-6-15-28)27(34)29-18-26(33)30-25-9-7-8-22(2)23(25)3/h10-13,22-23,25H,4-9,14-20H2,1-3H3,(H,29,34)(H,30,33)/p+1. The van der Waals surface area contributed by atoms with E-state index in [4.69, 9.17) is 12.2 Å². The van der Waals surface area contributed by atoms with Crippen molar-refractivity contribution in [3.63, 3.8) is 0 Å². The van der Waals surface area contributed by atoms with Gasteiger partial charge in [0.15, 0.2) is 5.11 Å². The number of nitrogens with zero attached hydrogens (tertiary/aromatic N) is 1. The van der Waals surface area contributed by atoms with Crippen LogP contribution in [0.15, 0.2) is 24.3 Å². The van der Waals surface area contributed by atoms with Crippen LogP contribution in [0.3, 0.4) is 0 Å². The Morgan fingerprint density at radius 3 is 2.59 bits per heavy atom. The maximum atomic E-state index is 12.7. The molecule has 3 N–H and O–H groups in total. The summed E-state index contributed by atoms with van der Waals surface area (Å²) in [5.41, 5.74) is 3.02. The third-order valence-electron chi connectivity index (χ3n) is 9.02. The maximum absolute atomic E-state index is 12.7. The van der Waals surface area contributed by atoms with E-state index in [9.17, 15) is 4.79 Å². The Morgan fingerprint density at radius 2 is 1.85 bits per heavy atom. The fourth-order valence-corrected chi connectivity index (χ4v) is 6.77. The third kappa shape index (κ3) is 6.12. The van der Waals surface area contributed by atoms with Gasteiger partial charge in [-0.05, 0) is 50.2 Å². The lowest BCUT2D eigenvalue weighted by molar-refractivity contribution is -0.971. The van der Waals surface area contributed by atoms with Crippen molar-refractivity contribution >= 4 is 23.2 Å². The van der Waals surface area contributed by atoms with Crippen molar-refractivity contribution in [2.24, 2.45) is 11.8 Å². The van der Waals surface area contributed by atoms with E-state index >= 15 is 0 Å². The number of carbonyl (C=O) groups excluding carboxylic acids is 1. The third-order valence-corrected chi connectivity index (χ3v) is 9.42. The first-order valence-electron chi connectivity index (χ1n) is 13.6. The highest BCUT2D eigenvalue weighted by Gasteiger charge is 2.46. The van der Waals surface area contributed by atoms with Crippen LogP contribution >= 0.6 is 12.2 Å². The molecule has 1 heterocycles. The lowest BCUT2D eigenvalue weighted by Gasteiger charge is -2.50. The average molecular weight is 486 g/mol. The number of nitrogens with one attached hydrogen (secondary N) is 3. The Bertz CT molecular complexity index is 835. The number of piperazine rings is 1. The largest absolute Gasteiger partial charge is 0.353 e. The van der Waals surface area contributed by atoms with E-state index in [1.54, 1.807) is 4.90 Å². The second-order valence-corrected chi connectivity index (χ2v) is 11.8. The Labute approximate surface area is 212 Å². The minimum Gasteiger partial charge on any atom is -0.353 e. The zero-order valence-electron chi connectivity index (χ0n) is 21.5. The van der Waals surface area contributed by atoms with Crippen molar-refractivity contribution in [1.82, 2.24) is 15.5 Å². The molecule has 4 atom stereocenters. The van der Waals surface area contributed by atoms with Crippen molar-refractivity contribution < 1.29 is 9.69 Å². The van der Waals surface area contributed by atoms with Crippen molar-refractivity contribution in [1.29, 1.82) is 0 Å². The monoisotopic (exact) mass is 485 g/mol. The molecule has 0 aromatic heterocycles. The van der Waals surface area contributed by atoms with Crippen LogP contribution in [0.5, 0.6) is 0 Å². The van der Waals surface area contributed by atoms with Crippen LogP contribution in [0.4, 0.5) is 0 Å². The summed E-state index contributed by atoms with van der Waals surface area (Å²) in [6.45, 7) is 11.1. The number of thiocarbonyl (C=S) groups is 1. The van der Waals surface area contributed by atoms with E-state index in [0.717, 1.165) is 37.7 Å². The summed E-state index contributed by atoms with van der Waals surface area (Å²) in [5, 5.41) is 7.31. The Kier molecular flexibility index (Phi) is 8.52. The van der Waals surface area contributed by atoms with Crippen molar-refractivity contribution in [2.75, 3.05) is 26.2 Å². The van der Waals surface area contributed by atoms with E-state index in [2.05, 4.69) is 60.6 Å². The quantitative estimate of drug-likeness (QED) is 0.561. The van der Waals surface area contributed by atoms with Crippen molar-refractivity contribution in [2.45, 2.75) is 90.3 Å². The molecule has 0 radical (unpaired) electrons. The van der Waals surface area contributed by atoms with E-state index < -0.39 is 0 Å². The summed E-state index contributed by atoms with van der Waals surface area (Å²) >= 11 is 5.80. The molecule has 1 saturated heterocycles. The van der Waals surface area contributed by atoms with Crippen LogP contribution in [-0.2, 0) is 11.3 Å². The minimum absolute atomic E-state index is 0.0734. The van der Waals surface area contributed by atoms with Gasteiger partial charge in [-0.2, -0.15) is 0 Å². The summed E-state index contributed by atoms with van der Waals surface area (Å²) < 4.78 is 0. The van der Waals surface area contributed by atoms with Gasteiger partial charge in [-0.15, -0.1) is 0 Å². The molecule has 1 amide bonds. The molecule has 1 aromatic carbocycles. The molecular weight excluding hydrogens is 440 g/mol. The van der Waals surface area contributed by atoms with E-state index in [-0.39, 0.29) is 18.0 Å². The van der Waals surface area contributed by atoms with Gasteiger partial charge in [-0.25, -0.2) is 0 Å². The Morgan fingerprint density at radius 1 is 1.12 bits per heavy atom. The van der Waals surface area contributed by atoms with Gasteiger partial charge in [0.05, 0.1) is 26.2 Å². The Balaban J connectivity index is 1.32. The summed E-state index contributed by atoms with van der Waals surface area (Å²) in [5.74, 6) is 1.29. The number of hydrogen-bond acceptors (Lipinski definition) is 2. The highest BCUT2D eigenvalue weighted by molar-refractivity contribution is 7.80. The highest BCUT2D eigenvalue weighted by atomic mass is 32.1. The van der Waals surface area contributed by atoms with Crippen LogP contribution in [0.25, 0.3) is 0 Å². The van der Waals surface area contributed by atoms with Crippen molar-refractivity contribution in [3.8, 4) is 0 Å². The molecule has 6 heteroatoms. The first kappa shape index (κ1) is 25.4. The molecule has 5 nitrogen and oxygen atoms in total. The maximum Gasteiger partial charge on any atom is 0.239 e. The van der Waals surface area contributed by atoms with Gasteiger partial charge >= 0.3 is 0 Å². The highest BCUT2D eigenvalue weighted by Crippen LogP contribution is 2.30. The summed E-state index contributed by atoms with van der Waals surface area (Å²) in [6, 6.07) is 9.36. The van der Waals surface area contributed by atoms with E-state index in [0.29, 0.717) is 17.9 Å². The molecule has 34 heavy (non-hydrogen) atoms. The zero-order valence-corrected chi connectivity index (χ0v) is 22.3. The first-order chi connectivity index (χ1) is 16.4. The van der Waals surface area contributed by atoms with E-state index in [1.165, 1.54) is 56.1 Å². The fraction of sp³-hybridized carbons (Fsp3) is 0.714. The van der Waals surface area contributed by atoms with Crippen LogP contribution in [0.1, 0.15) is 76.3 Å². The molecular formula is C28H45N4OS+. The molecule has 1 spiro atoms. The van der Waals surface area contributed by atoms with Crippen LogP contribution < -0.4 is 15.5 Å². The molecule has 4 unspecified atom stereocenters. The smallest absolute Gasteiger partial charge is 0.239 e. The molecule has 2 aliphatic carbocycles. The second-order valence-electron chi connectivity index (χ2n) is 11.4. The van der Waals surface area contributed by atoms with Crippen LogP contribution in [-0.4, -0.2) is 53.7 Å². The zero-order chi connectivity index (χ0) is 24.1. The summed E-state index contributed by atoms with van der Waals surface area (Å²) in [7, 11) is 0. The normalized spacial score (nSPS) is 29.0.